The summed E-state index contributed by atoms with van der Waals surface area (Å²) in [5, 5.41) is 8.18. The lowest BCUT2D eigenvalue weighted by molar-refractivity contribution is 0.575. The zero-order valence-corrected chi connectivity index (χ0v) is 19.7. The summed E-state index contributed by atoms with van der Waals surface area (Å²) >= 11 is 1.52. The van der Waals surface area contributed by atoms with Crippen molar-refractivity contribution in [3.63, 3.8) is 0 Å². The molecule has 1 aliphatic rings. The fourth-order valence-corrected chi connectivity index (χ4v) is 5.42. The molecule has 1 fully saturated rings. The highest BCUT2D eigenvalue weighted by Crippen LogP contribution is 2.38. The van der Waals surface area contributed by atoms with Crippen LogP contribution in [0.25, 0.3) is 22.2 Å². The Bertz CT molecular complexity index is 1260. The summed E-state index contributed by atoms with van der Waals surface area (Å²) in [6, 6.07) is 10.0. The number of nitrogens with zero attached hydrogens (tertiary/aromatic N) is 5. The van der Waals surface area contributed by atoms with Crippen LogP contribution in [0.4, 0.5) is 25.4 Å². The maximum absolute atomic E-state index is 15.2. The number of aryl methyl sites for hydroxylation is 1. The summed E-state index contributed by atoms with van der Waals surface area (Å²) in [5.41, 5.74) is 2.96. The Morgan fingerprint density at radius 1 is 1.03 bits per heavy atom. The minimum absolute atomic E-state index is 0.269. The first-order chi connectivity index (χ1) is 16.1. The van der Waals surface area contributed by atoms with Gasteiger partial charge in [0.25, 0.3) is 0 Å². The van der Waals surface area contributed by atoms with Crippen molar-refractivity contribution in [2.24, 2.45) is 0 Å². The van der Waals surface area contributed by atoms with Gasteiger partial charge in [0, 0.05) is 48.2 Å². The van der Waals surface area contributed by atoms with Crippen LogP contribution in [0.1, 0.15) is 33.1 Å². The smallest absolute Gasteiger partial charge is 0.191 e. The molecule has 1 saturated heterocycles. The summed E-state index contributed by atoms with van der Waals surface area (Å²) < 4.78 is 30.4. The molecule has 3 heterocycles. The lowest BCUT2D eigenvalue weighted by Gasteiger charge is -2.29. The van der Waals surface area contributed by atoms with E-state index in [1.54, 1.807) is 18.2 Å². The van der Waals surface area contributed by atoms with E-state index in [0.29, 0.717) is 18.6 Å². The van der Waals surface area contributed by atoms with Crippen molar-refractivity contribution in [3.05, 3.63) is 53.4 Å². The second-order valence-corrected chi connectivity index (χ2v) is 9.11. The zero-order valence-electron chi connectivity index (χ0n) is 18.9. The van der Waals surface area contributed by atoms with Crippen LogP contribution in [-0.4, -0.2) is 34.4 Å². The van der Waals surface area contributed by atoms with Crippen molar-refractivity contribution in [2.45, 2.75) is 39.7 Å². The van der Waals surface area contributed by atoms with Gasteiger partial charge >= 0.3 is 0 Å². The fourth-order valence-electron chi connectivity index (χ4n) is 4.52. The van der Waals surface area contributed by atoms with Crippen molar-refractivity contribution in [3.8, 4) is 11.3 Å². The number of hydrogen-bond donors (Lipinski definition) is 0. The zero-order chi connectivity index (χ0) is 22.9. The highest BCUT2D eigenvalue weighted by Gasteiger charge is 2.24. The van der Waals surface area contributed by atoms with Crippen LogP contribution >= 0.6 is 11.3 Å². The minimum atomic E-state index is -0.288. The number of anilines is 3. The van der Waals surface area contributed by atoms with Crippen LogP contribution in [0.5, 0.6) is 0 Å². The third-order valence-electron chi connectivity index (χ3n) is 6.21. The van der Waals surface area contributed by atoms with Gasteiger partial charge in [-0.2, -0.15) is 5.10 Å². The Hall–Kier alpha value is -3.00. The second kappa shape index (κ2) is 9.09. The third kappa shape index (κ3) is 4.08. The van der Waals surface area contributed by atoms with Crippen LogP contribution in [0.15, 0.2) is 41.8 Å². The van der Waals surface area contributed by atoms with E-state index in [9.17, 15) is 4.39 Å². The van der Waals surface area contributed by atoms with Crippen molar-refractivity contribution in [1.29, 1.82) is 0 Å². The standard InChI is InChI=1S/C25H27F2N5S/c1-3-31(25-28-22(16-33-25)17-8-10-18(26)11-9-17)24-20-14-19(30-12-6-5-7-13-30)15-21(27)23(20)29-32(24)4-2/h8-11,14-16H,3-7,12-13H2,1-2H3. The van der Waals surface area contributed by atoms with Crippen LogP contribution in [-0.2, 0) is 6.54 Å². The molecule has 4 aromatic rings. The van der Waals surface area contributed by atoms with Gasteiger partial charge in [-0.25, -0.2) is 18.4 Å². The van der Waals surface area contributed by atoms with Gasteiger partial charge in [0.1, 0.15) is 17.2 Å². The van der Waals surface area contributed by atoms with Crippen LogP contribution in [0, 0.1) is 11.6 Å². The Morgan fingerprint density at radius 3 is 2.48 bits per heavy atom. The number of fused-ring (bicyclic) bond motifs is 1. The molecule has 172 valence electrons. The Labute approximate surface area is 196 Å². The van der Waals surface area contributed by atoms with Crippen LogP contribution in [0.2, 0.25) is 0 Å². The van der Waals surface area contributed by atoms with E-state index < -0.39 is 0 Å². The molecular weight excluding hydrogens is 440 g/mol. The predicted octanol–water partition coefficient (Wildman–Crippen LogP) is 6.61. The van der Waals surface area contributed by atoms with Crippen LogP contribution in [0.3, 0.4) is 0 Å². The molecule has 0 amide bonds. The van der Waals surface area contributed by atoms with Crippen LogP contribution < -0.4 is 9.80 Å². The van der Waals surface area contributed by atoms with E-state index >= 15 is 4.39 Å². The summed E-state index contributed by atoms with van der Waals surface area (Å²) in [6.07, 6.45) is 3.49. The maximum Gasteiger partial charge on any atom is 0.191 e. The van der Waals surface area contributed by atoms with E-state index in [4.69, 9.17) is 4.98 Å². The summed E-state index contributed by atoms with van der Waals surface area (Å²) in [6.45, 7) is 7.25. The molecule has 0 radical (unpaired) electrons. The molecule has 0 saturated carbocycles. The number of benzene rings is 2. The molecule has 0 bridgehead atoms. The first kappa shape index (κ1) is 21.8. The summed E-state index contributed by atoms with van der Waals surface area (Å²) in [7, 11) is 0. The lowest BCUT2D eigenvalue weighted by atomic mass is 10.1. The van der Waals surface area contributed by atoms with E-state index in [0.717, 1.165) is 59.2 Å². The lowest BCUT2D eigenvalue weighted by Crippen LogP contribution is -2.29. The second-order valence-electron chi connectivity index (χ2n) is 8.28. The molecule has 0 atom stereocenters. The largest absolute Gasteiger partial charge is 0.371 e. The molecule has 2 aromatic heterocycles. The summed E-state index contributed by atoms with van der Waals surface area (Å²) in [4.78, 5) is 9.19. The van der Waals surface area contributed by atoms with Gasteiger partial charge < -0.3 is 9.80 Å². The molecule has 0 unspecified atom stereocenters. The number of hydrogen-bond acceptors (Lipinski definition) is 5. The van der Waals surface area contributed by atoms with E-state index in [1.165, 1.54) is 29.9 Å². The van der Waals surface area contributed by atoms with E-state index in [1.807, 2.05) is 17.0 Å². The fraction of sp³-hybridized carbons (Fsp3) is 0.360. The maximum atomic E-state index is 15.2. The molecule has 5 rings (SSSR count). The van der Waals surface area contributed by atoms with Crippen molar-refractivity contribution in [1.82, 2.24) is 14.8 Å². The number of halogens is 2. The Kier molecular flexibility index (Phi) is 6.01. The number of thiazole rings is 1. The molecule has 0 N–H and O–H groups in total. The Morgan fingerprint density at radius 2 is 1.79 bits per heavy atom. The molecule has 1 aliphatic heterocycles. The Balaban J connectivity index is 1.59. The quantitative estimate of drug-likeness (QED) is 0.320. The third-order valence-corrected chi connectivity index (χ3v) is 7.07. The molecule has 0 spiro atoms. The first-order valence-electron chi connectivity index (χ1n) is 11.5. The first-order valence-corrected chi connectivity index (χ1v) is 12.4. The molecule has 8 heteroatoms. The van der Waals surface area contributed by atoms with Crippen molar-refractivity contribution < 1.29 is 8.78 Å². The van der Waals surface area contributed by atoms with Gasteiger partial charge in [-0.3, -0.25) is 0 Å². The molecule has 2 aromatic carbocycles. The summed E-state index contributed by atoms with van der Waals surface area (Å²) in [5.74, 6) is 0.297. The molecule has 33 heavy (non-hydrogen) atoms. The molecule has 0 aliphatic carbocycles. The van der Waals surface area contributed by atoms with Gasteiger partial charge in [-0.1, -0.05) is 0 Å². The van der Waals surface area contributed by atoms with Crippen molar-refractivity contribution >= 4 is 38.9 Å². The minimum Gasteiger partial charge on any atom is -0.371 e. The normalized spacial score (nSPS) is 14.2. The van der Waals surface area contributed by atoms with E-state index in [-0.39, 0.29) is 11.6 Å². The highest BCUT2D eigenvalue weighted by atomic mass is 32.1. The molecular formula is C25H27F2N5S. The average Bonchev–Trinajstić information content (AvgIpc) is 3.47. The van der Waals surface area contributed by atoms with Gasteiger partial charge in [0.15, 0.2) is 10.9 Å². The number of rotatable bonds is 6. The van der Waals surface area contributed by atoms with E-state index in [2.05, 4.69) is 27.9 Å². The number of piperidine rings is 1. The predicted molar refractivity (Wildman–Crippen MR) is 132 cm³/mol. The van der Waals surface area contributed by atoms with Gasteiger partial charge in [-0.15, -0.1) is 11.3 Å². The number of aromatic nitrogens is 3. The van der Waals surface area contributed by atoms with Gasteiger partial charge in [0.05, 0.1) is 5.69 Å². The average molecular weight is 468 g/mol. The van der Waals surface area contributed by atoms with Crippen molar-refractivity contribution in [2.75, 3.05) is 29.4 Å². The van der Waals surface area contributed by atoms with Gasteiger partial charge in [-0.05, 0) is 69.5 Å². The SMILES string of the molecule is CCN(c1nc(-c2ccc(F)cc2)cs1)c1c2cc(N3CCCCC3)cc(F)c2nn1CC. The highest BCUT2D eigenvalue weighted by molar-refractivity contribution is 7.14. The molecule has 5 nitrogen and oxygen atoms in total. The monoisotopic (exact) mass is 467 g/mol. The topological polar surface area (TPSA) is 37.2 Å². The van der Waals surface area contributed by atoms with Gasteiger partial charge in [0.2, 0.25) is 0 Å².